The summed E-state index contributed by atoms with van der Waals surface area (Å²) in [5.41, 5.74) is 0.531. The molecule has 0 bridgehead atoms. The van der Waals surface area contributed by atoms with Gasteiger partial charge in [0.2, 0.25) is 0 Å². The fraction of sp³-hybridized carbons (Fsp3) is 0.0833. The molecule has 0 saturated heterocycles. The predicted molar refractivity (Wildman–Crippen MR) is 73.3 cm³/mol. The smallest absolute Gasteiger partial charge is 0.346 e. The normalized spacial score (nSPS) is 11.2. The molecule has 0 saturated carbocycles. The van der Waals surface area contributed by atoms with Gasteiger partial charge in [-0.15, -0.1) is 11.3 Å². The first kappa shape index (κ1) is 13.6. The van der Waals surface area contributed by atoms with Gasteiger partial charge in [0.1, 0.15) is 9.88 Å². The van der Waals surface area contributed by atoms with E-state index in [1.54, 1.807) is 25.1 Å². The van der Waals surface area contributed by atoms with Crippen molar-refractivity contribution in [1.29, 1.82) is 0 Å². The zero-order valence-corrected chi connectivity index (χ0v) is 11.6. The molecule has 0 spiro atoms. The van der Waals surface area contributed by atoms with Crippen molar-refractivity contribution < 1.29 is 18.3 Å². The van der Waals surface area contributed by atoms with Crippen molar-refractivity contribution >= 4 is 32.3 Å². The van der Waals surface area contributed by atoms with E-state index in [1.807, 2.05) is 0 Å². The third-order valence-corrected chi connectivity index (χ3v) is 5.05. The van der Waals surface area contributed by atoms with Crippen LogP contribution in [0.1, 0.15) is 15.2 Å². The largest absolute Gasteiger partial charge is 0.477 e. The molecule has 0 aliphatic rings. The number of carboxylic acid groups (broad SMARTS) is 1. The molecular weight excluding hydrogens is 286 g/mol. The van der Waals surface area contributed by atoms with Gasteiger partial charge >= 0.3 is 5.97 Å². The predicted octanol–water partition coefficient (Wildman–Crippen LogP) is 2.56. The van der Waals surface area contributed by atoms with E-state index in [2.05, 4.69) is 4.72 Å². The molecule has 5 nitrogen and oxygen atoms in total. The lowest BCUT2D eigenvalue weighted by molar-refractivity contribution is 0.0701. The van der Waals surface area contributed by atoms with Crippen LogP contribution in [0.3, 0.4) is 0 Å². The van der Waals surface area contributed by atoms with Crippen molar-refractivity contribution in [3.63, 3.8) is 0 Å². The first-order chi connectivity index (χ1) is 8.90. The van der Waals surface area contributed by atoms with Crippen molar-refractivity contribution in [2.75, 3.05) is 4.72 Å². The second-order valence-electron chi connectivity index (χ2n) is 3.85. The lowest BCUT2D eigenvalue weighted by atomic mass is 10.3. The zero-order chi connectivity index (χ0) is 14.0. The van der Waals surface area contributed by atoms with Gasteiger partial charge in [-0.05, 0) is 30.7 Å². The second kappa shape index (κ2) is 5.02. The monoisotopic (exact) mass is 297 g/mol. The van der Waals surface area contributed by atoms with Crippen LogP contribution in [-0.2, 0) is 10.0 Å². The van der Waals surface area contributed by atoms with E-state index >= 15 is 0 Å². The summed E-state index contributed by atoms with van der Waals surface area (Å²) < 4.78 is 26.5. The summed E-state index contributed by atoms with van der Waals surface area (Å²) in [5.74, 6) is -1.06. The molecule has 2 N–H and O–H groups in total. The van der Waals surface area contributed by atoms with E-state index in [9.17, 15) is 13.2 Å². The van der Waals surface area contributed by atoms with Crippen molar-refractivity contribution in [2.24, 2.45) is 0 Å². The van der Waals surface area contributed by atoms with E-state index in [4.69, 9.17) is 5.11 Å². The number of rotatable bonds is 4. The molecular formula is C12H11NO4S2. The summed E-state index contributed by atoms with van der Waals surface area (Å²) in [7, 11) is -3.67. The quantitative estimate of drug-likeness (QED) is 0.908. The Morgan fingerprint density at radius 3 is 2.42 bits per heavy atom. The number of aryl methyl sites for hydroxylation is 1. The number of hydrogen-bond acceptors (Lipinski definition) is 4. The number of benzene rings is 1. The topological polar surface area (TPSA) is 83.5 Å². The number of aromatic carboxylic acids is 1. The van der Waals surface area contributed by atoms with Gasteiger partial charge in [0.25, 0.3) is 10.0 Å². The minimum absolute atomic E-state index is 0.130. The molecule has 0 aliphatic heterocycles. The zero-order valence-electron chi connectivity index (χ0n) is 9.95. The molecule has 1 aromatic carbocycles. The highest BCUT2D eigenvalue weighted by atomic mass is 32.2. The third kappa shape index (κ3) is 2.94. The molecule has 2 rings (SSSR count). The Bertz CT molecular complexity index is 705. The number of thiophene rings is 1. The van der Waals surface area contributed by atoms with Gasteiger partial charge < -0.3 is 5.11 Å². The fourth-order valence-corrected chi connectivity index (χ4v) is 3.75. The average molecular weight is 297 g/mol. The number of anilines is 1. The number of nitrogens with one attached hydrogen (secondary N) is 1. The maximum Gasteiger partial charge on any atom is 0.346 e. The van der Waals surface area contributed by atoms with E-state index in [0.717, 1.165) is 11.3 Å². The Morgan fingerprint density at radius 2 is 1.89 bits per heavy atom. The summed E-state index contributed by atoms with van der Waals surface area (Å²) in [4.78, 5) is 11.2. The maximum absolute atomic E-state index is 12.0. The van der Waals surface area contributed by atoms with E-state index in [0.29, 0.717) is 10.6 Å². The molecule has 2 aromatic rings. The van der Waals surface area contributed by atoms with E-state index in [1.165, 1.54) is 18.2 Å². The van der Waals surface area contributed by atoms with Crippen molar-refractivity contribution in [3.8, 4) is 0 Å². The van der Waals surface area contributed by atoms with Crippen LogP contribution in [0.4, 0.5) is 5.00 Å². The lowest BCUT2D eigenvalue weighted by Gasteiger charge is -2.04. The molecule has 0 amide bonds. The Labute approximate surface area is 114 Å². The highest BCUT2D eigenvalue weighted by Crippen LogP contribution is 2.28. The lowest BCUT2D eigenvalue weighted by Crippen LogP contribution is -2.11. The summed E-state index contributed by atoms with van der Waals surface area (Å²) in [6.45, 7) is 1.63. The summed E-state index contributed by atoms with van der Waals surface area (Å²) in [6.07, 6.45) is 0. The van der Waals surface area contributed by atoms with Crippen LogP contribution < -0.4 is 4.72 Å². The molecule has 1 aromatic heterocycles. The molecule has 100 valence electrons. The van der Waals surface area contributed by atoms with Gasteiger partial charge in [-0.2, -0.15) is 0 Å². The second-order valence-corrected chi connectivity index (χ2v) is 6.58. The summed E-state index contributed by atoms with van der Waals surface area (Å²) in [5, 5.41) is 9.22. The standard InChI is InChI=1S/C12H11NO4S2/c1-8-7-10(18-11(8)12(14)15)13-19(16,17)9-5-3-2-4-6-9/h2-7,13H,1H3,(H,14,15). The first-order valence-corrected chi connectivity index (χ1v) is 7.62. The highest BCUT2D eigenvalue weighted by molar-refractivity contribution is 7.93. The molecule has 0 atom stereocenters. The summed E-state index contributed by atoms with van der Waals surface area (Å²) >= 11 is 0.899. The SMILES string of the molecule is Cc1cc(NS(=O)(=O)c2ccccc2)sc1C(=O)O. The van der Waals surface area contributed by atoms with Crippen LogP contribution in [0, 0.1) is 6.92 Å². The Morgan fingerprint density at radius 1 is 1.26 bits per heavy atom. The van der Waals surface area contributed by atoms with Crippen molar-refractivity contribution in [2.45, 2.75) is 11.8 Å². The Kier molecular flexibility index (Phi) is 3.59. The van der Waals surface area contributed by atoms with Crippen LogP contribution in [-0.4, -0.2) is 19.5 Å². The molecule has 7 heteroatoms. The Hall–Kier alpha value is -1.86. The van der Waals surface area contributed by atoms with Crippen LogP contribution in [0.15, 0.2) is 41.3 Å². The number of sulfonamides is 1. The first-order valence-electron chi connectivity index (χ1n) is 5.32. The van der Waals surface area contributed by atoms with Gasteiger partial charge in [-0.3, -0.25) is 4.72 Å². The molecule has 0 unspecified atom stereocenters. The van der Waals surface area contributed by atoms with Crippen molar-refractivity contribution in [1.82, 2.24) is 0 Å². The van der Waals surface area contributed by atoms with E-state index < -0.39 is 16.0 Å². The minimum Gasteiger partial charge on any atom is -0.477 e. The number of carboxylic acids is 1. The summed E-state index contributed by atoms with van der Waals surface area (Å²) in [6, 6.07) is 9.42. The molecule has 0 fully saturated rings. The van der Waals surface area contributed by atoms with Crippen molar-refractivity contribution in [3.05, 3.63) is 46.8 Å². The number of carbonyl (C=O) groups is 1. The van der Waals surface area contributed by atoms with Gasteiger partial charge in [0.15, 0.2) is 0 Å². The van der Waals surface area contributed by atoms with Gasteiger partial charge in [-0.1, -0.05) is 18.2 Å². The van der Waals surface area contributed by atoms with Crippen LogP contribution >= 0.6 is 11.3 Å². The minimum atomic E-state index is -3.67. The number of hydrogen-bond donors (Lipinski definition) is 2. The Balaban J connectivity index is 2.31. The molecule has 0 aliphatic carbocycles. The highest BCUT2D eigenvalue weighted by Gasteiger charge is 2.18. The van der Waals surface area contributed by atoms with Crippen LogP contribution in [0.5, 0.6) is 0 Å². The van der Waals surface area contributed by atoms with Crippen LogP contribution in [0.25, 0.3) is 0 Å². The van der Waals surface area contributed by atoms with E-state index in [-0.39, 0.29) is 9.77 Å². The maximum atomic E-state index is 12.0. The molecule has 1 heterocycles. The molecule has 0 radical (unpaired) electrons. The van der Waals surface area contributed by atoms with Crippen LogP contribution in [0.2, 0.25) is 0 Å². The molecule has 19 heavy (non-hydrogen) atoms. The fourth-order valence-electron chi connectivity index (χ4n) is 1.54. The third-order valence-electron chi connectivity index (χ3n) is 2.40. The van der Waals surface area contributed by atoms with Gasteiger partial charge in [-0.25, -0.2) is 13.2 Å². The average Bonchev–Trinajstić information content (AvgIpc) is 2.71. The van der Waals surface area contributed by atoms with Gasteiger partial charge in [0, 0.05) is 0 Å². The van der Waals surface area contributed by atoms with Gasteiger partial charge in [0.05, 0.1) is 4.90 Å².